The first-order valence-corrected chi connectivity index (χ1v) is 7.64. The van der Waals surface area contributed by atoms with Crippen LogP contribution in [0, 0.1) is 0 Å². The standard InChI is InChI=1S/C17H25NO3/c1-4-6-7-14-8-10-15(11-9-14)16(19)18-13(3)17(20)21-12-5-2/h8-11,13H,4-7,12H2,1-3H3,(H,18,19)/t13-/m0/s1. The smallest absolute Gasteiger partial charge is 0.328 e. The zero-order valence-electron chi connectivity index (χ0n) is 13.1. The zero-order valence-corrected chi connectivity index (χ0v) is 13.1. The molecule has 4 heteroatoms. The molecule has 0 aliphatic carbocycles. The predicted molar refractivity (Wildman–Crippen MR) is 83.2 cm³/mol. The third-order valence-electron chi connectivity index (χ3n) is 3.18. The summed E-state index contributed by atoms with van der Waals surface area (Å²) in [5.41, 5.74) is 1.79. The number of hydrogen-bond acceptors (Lipinski definition) is 3. The van der Waals surface area contributed by atoms with Gasteiger partial charge in [0.05, 0.1) is 6.61 Å². The van der Waals surface area contributed by atoms with Gasteiger partial charge < -0.3 is 10.1 Å². The van der Waals surface area contributed by atoms with Crippen LogP contribution in [0.25, 0.3) is 0 Å². The van der Waals surface area contributed by atoms with Gasteiger partial charge in [0.1, 0.15) is 6.04 Å². The van der Waals surface area contributed by atoms with Crippen LogP contribution in [0.1, 0.15) is 56.0 Å². The van der Waals surface area contributed by atoms with Crippen LogP contribution in [-0.4, -0.2) is 24.5 Å². The first-order chi connectivity index (χ1) is 10.1. The lowest BCUT2D eigenvalue weighted by Crippen LogP contribution is -2.39. The lowest BCUT2D eigenvalue weighted by atomic mass is 10.1. The highest BCUT2D eigenvalue weighted by atomic mass is 16.5. The Hall–Kier alpha value is -1.84. The van der Waals surface area contributed by atoms with E-state index in [4.69, 9.17) is 4.74 Å². The first kappa shape index (κ1) is 17.2. The number of carbonyl (C=O) groups is 2. The molecule has 0 saturated carbocycles. The Balaban J connectivity index is 2.53. The van der Waals surface area contributed by atoms with Crippen molar-refractivity contribution >= 4 is 11.9 Å². The molecule has 1 atom stereocenters. The Morgan fingerprint density at radius 3 is 2.38 bits per heavy atom. The van der Waals surface area contributed by atoms with Crippen molar-refractivity contribution in [2.24, 2.45) is 0 Å². The lowest BCUT2D eigenvalue weighted by Gasteiger charge is -2.13. The van der Waals surface area contributed by atoms with E-state index in [1.165, 1.54) is 5.56 Å². The Morgan fingerprint density at radius 1 is 1.14 bits per heavy atom. The van der Waals surface area contributed by atoms with Gasteiger partial charge in [-0.25, -0.2) is 4.79 Å². The molecular weight excluding hydrogens is 266 g/mol. The summed E-state index contributed by atoms with van der Waals surface area (Å²) in [5, 5.41) is 2.65. The van der Waals surface area contributed by atoms with Crippen molar-refractivity contribution in [3.8, 4) is 0 Å². The molecule has 0 heterocycles. The van der Waals surface area contributed by atoms with E-state index in [0.29, 0.717) is 12.2 Å². The SMILES string of the molecule is CCCCc1ccc(C(=O)N[C@@H](C)C(=O)OCCC)cc1. The molecule has 1 aromatic carbocycles. The van der Waals surface area contributed by atoms with E-state index in [9.17, 15) is 9.59 Å². The average molecular weight is 291 g/mol. The number of carbonyl (C=O) groups excluding carboxylic acids is 2. The fraction of sp³-hybridized carbons (Fsp3) is 0.529. The van der Waals surface area contributed by atoms with Gasteiger partial charge in [0, 0.05) is 5.56 Å². The summed E-state index contributed by atoms with van der Waals surface area (Å²) < 4.78 is 5.00. The number of unbranched alkanes of at least 4 members (excludes halogenated alkanes) is 1. The minimum Gasteiger partial charge on any atom is -0.464 e. The number of nitrogens with one attached hydrogen (secondary N) is 1. The number of benzene rings is 1. The van der Waals surface area contributed by atoms with Crippen molar-refractivity contribution in [3.63, 3.8) is 0 Å². The third kappa shape index (κ3) is 5.98. The number of ether oxygens (including phenoxy) is 1. The highest BCUT2D eigenvalue weighted by Crippen LogP contribution is 2.08. The second-order valence-corrected chi connectivity index (χ2v) is 5.16. The normalized spacial score (nSPS) is 11.8. The summed E-state index contributed by atoms with van der Waals surface area (Å²) >= 11 is 0. The van der Waals surface area contributed by atoms with Crippen molar-refractivity contribution in [3.05, 3.63) is 35.4 Å². The molecule has 1 N–H and O–H groups in total. The molecule has 0 aliphatic rings. The van der Waals surface area contributed by atoms with Gasteiger partial charge in [0.15, 0.2) is 0 Å². The van der Waals surface area contributed by atoms with Gasteiger partial charge in [-0.2, -0.15) is 0 Å². The monoisotopic (exact) mass is 291 g/mol. The van der Waals surface area contributed by atoms with Crippen LogP contribution >= 0.6 is 0 Å². The van der Waals surface area contributed by atoms with E-state index in [1.54, 1.807) is 19.1 Å². The topological polar surface area (TPSA) is 55.4 Å². The Labute approximate surface area is 126 Å². The van der Waals surface area contributed by atoms with Crippen LogP contribution in [0.5, 0.6) is 0 Å². The zero-order chi connectivity index (χ0) is 15.7. The molecule has 0 spiro atoms. The van der Waals surface area contributed by atoms with Gasteiger partial charge in [-0.1, -0.05) is 32.4 Å². The number of esters is 1. The molecule has 1 amide bonds. The van der Waals surface area contributed by atoms with Gasteiger partial charge in [0.25, 0.3) is 5.91 Å². The van der Waals surface area contributed by atoms with Crippen LogP contribution in [0.2, 0.25) is 0 Å². The molecule has 1 aromatic rings. The summed E-state index contributed by atoms with van der Waals surface area (Å²) in [6.07, 6.45) is 4.09. The second-order valence-electron chi connectivity index (χ2n) is 5.16. The summed E-state index contributed by atoms with van der Waals surface area (Å²) in [7, 11) is 0. The predicted octanol–water partition coefficient (Wildman–Crippen LogP) is 3.10. The van der Waals surface area contributed by atoms with E-state index in [0.717, 1.165) is 25.7 Å². The molecule has 0 unspecified atom stereocenters. The summed E-state index contributed by atoms with van der Waals surface area (Å²) in [6, 6.07) is 6.88. The molecule has 4 nitrogen and oxygen atoms in total. The van der Waals surface area contributed by atoms with Gasteiger partial charge in [0.2, 0.25) is 0 Å². The largest absolute Gasteiger partial charge is 0.464 e. The summed E-state index contributed by atoms with van der Waals surface area (Å²) in [4.78, 5) is 23.6. The van der Waals surface area contributed by atoms with E-state index in [2.05, 4.69) is 12.2 Å². The Kier molecular flexibility index (Phi) is 7.51. The van der Waals surface area contributed by atoms with Crippen molar-refractivity contribution in [1.29, 1.82) is 0 Å². The highest BCUT2D eigenvalue weighted by molar-refractivity contribution is 5.96. The molecule has 1 rings (SSSR count). The number of rotatable bonds is 8. The fourth-order valence-electron chi connectivity index (χ4n) is 1.87. The molecule has 0 aliphatic heterocycles. The lowest BCUT2D eigenvalue weighted by molar-refractivity contribution is -0.145. The molecular formula is C17H25NO3. The van der Waals surface area contributed by atoms with Crippen LogP contribution in [-0.2, 0) is 16.0 Å². The van der Waals surface area contributed by atoms with Gasteiger partial charge in [-0.15, -0.1) is 0 Å². The van der Waals surface area contributed by atoms with Crippen LogP contribution in [0.4, 0.5) is 0 Å². The van der Waals surface area contributed by atoms with Gasteiger partial charge in [-0.05, 0) is 43.9 Å². The maximum Gasteiger partial charge on any atom is 0.328 e. The summed E-state index contributed by atoms with van der Waals surface area (Å²) in [6.45, 7) is 6.09. The molecule has 0 aromatic heterocycles. The average Bonchev–Trinajstić information content (AvgIpc) is 2.50. The van der Waals surface area contributed by atoms with E-state index in [1.807, 2.05) is 19.1 Å². The van der Waals surface area contributed by atoms with Crippen LogP contribution in [0.15, 0.2) is 24.3 Å². The maximum absolute atomic E-state index is 12.0. The first-order valence-electron chi connectivity index (χ1n) is 7.64. The number of aryl methyl sites for hydroxylation is 1. The number of amides is 1. The summed E-state index contributed by atoms with van der Waals surface area (Å²) in [5.74, 6) is -0.650. The minimum absolute atomic E-state index is 0.252. The molecule has 0 saturated heterocycles. The van der Waals surface area contributed by atoms with Gasteiger partial charge >= 0.3 is 5.97 Å². The van der Waals surface area contributed by atoms with Crippen molar-refractivity contribution in [2.75, 3.05) is 6.61 Å². The Morgan fingerprint density at radius 2 is 1.81 bits per heavy atom. The van der Waals surface area contributed by atoms with E-state index in [-0.39, 0.29) is 5.91 Å². The molecule has 0 radical (unpaired) electrons. The van der Waals surface area contributed by atoms with Crippen molar-refractivity contribution in [2.45, 2.75) is 52.5 Å². The fourth-order valence-corrected chi connectivity index (χ4v) is 1.87. The maximum atomic E-state index is 12.0. The second kappa shape index (κ2) is 9.16. The van der Waals surface area contributed by atoms with Gasteiger partial charge in [-0.3, -0.25) is 4.79 Å². The van der Waals surface area contributed by atoms with Crippen LogP contribution < -0.4 is 5.32 Å². The molecule has 21 heavy (non-hydrogen) atoms. The number of hydrogen-bond donors (Lipinski definition) is 1. The Bertz CT molecular complexity index is 454. The molecule has 116 valence electrons. The van der Waals surface area contributed by atoms with Crippen molar-refractivity contribution < 1.29 is 14.3 Å². The van der Waals surface area contributed by atoms with E-state index < -0.39 is 12.0 Å². The third-order valence-corrected chi connectivity index (χ3v) is 3.18. The van der Waals surface area contributed by atoms with Crippen LogP contribution in [0.3, 0.4) is 0 Å². The molecule has 0 bridgehead atoms. The van der Waals surface area contributed by atoms with Crippen molar-refractivity contribution in [1.82, 2.24) is 5.32 Å². The van der Waals surface area contributed by atoms with E-state index >= 15 is 0 Å². The quantitative estimate of drug-likeness (QED) is 0.749. The molecule has 0 fully saturated rings. The minimum atomic E-state index is -0.635. The highest BCUT2D eigenvalue weighted by Gasteiger charge is 2.17.